The molecule has 0 aromatic carbocycles. The minimum absolute atomic E-state index is 0.648. The van der Waals surface area contributed by atoms with E-state index in [0.717, 1.165) is 28.8 Å². The van der Waals surface area contributed by atoms with E-state index in [1.165, 1.54) is 4.88 Å². The topological polar surface area (TPSA) is 49.8 Å². The molecule has 6 heteroatoms. The van der Waals surface area contributed by atoms with E-state index < -0.39 is 0 Å². The van der Waals surface area contributed by atoms with Gasteiger partial charge in [0.1, 0.15) is 5.82 Å². The Balaban J connectivity index is 2.05. The summed E-state index contributed by atoms with van der Waals surface area (Å²) in [7, 11) is 0. The van der Waals surface area contributed by atoms with Crippen molar-refractivity contribution in [2.45, 2.75) is 20.4 Å². The number of hydrogen-bond acceptors (Lipinski definition) is 5. The summed E-state index contributed by atoms with van der Waals surface area (Å²) >= 11 is 7.47. The lowest BCUT2D eigenvalue weighted by molar-refractivity contribution is 1.04. The molecule has 0 spiro atoms. The highest BCUT2D eigenvalue weighted by Gasteiger charge is 2.04. The zero-order valence-electron chi connectivity index (χ0n) is 10.3. The molecule has 0 saturated carbocycles. The van der Waals surface area contributed by atoms with Crippen molar-refractivity contribution in [2.24, 2.45) is 0 Å². The Morgan fingerprint density at radius 2 is 2.17 bits per heavy atom. The van der Waals surface area contributed by atoms with E-state index in [9.17, 15) is 0 Å². The molecule has 0 aliphatic heterocycles. The van der Waals surface area contributed by atoms with Gasteiger partial charge in [0.2, 0.25) is 5.95 Å². The van der Waals surface area contributed by atoms with Crippen molar-refractivity contribution in [2.75, 3.05) is 17.2 Å². The van der Waals surface area contributed by atoms with E-state index in [1.807, 2.05) is 32.2 Å². The molecule has 18 heavy (non-hydrogen) atoms. The largest absolute Gasteiger partial charge is 0.365 e. The lowest BCUT2D eigenvalue weighted by Crippen LogP contribution is -2.07. The Kier molecular flexibility index (Phi) is 4.38. The second-order valence-electron chi connectivity index (χ2n) is 3.81. The second-order valence-corrected chi connectivity index (χ2v) is 5.61. The van der Waals surface area contributed by atoms with Crippen molar-refractivity contribution < 1.29 is 0 Å². The average Bonchev–Trinajstić information content (AvgIpc) is 2.76. The second kappa shape index (κ2) is 6.02. The van der Waals surface area contributed by atoms with Gasteiger partial charge in [0.05, 0.1) is 10.9 Å². The van der Waals surface area contributed by atoms with Crippen LogP contribution in [0.3, 0.4) is 0 Å². The number of aromatic nitrogens is 2. The molecular weight excluding hydrogens is 268 g/mol. The predicted octanol–water partition coefficient (Wildman–Crippen LogP) is 3.54. The van der Waals surface area contributed by atoms with E-state index in [2.05, 4.69) is 20.6 Å². The average molecular weight is 283 g/mol. The molecule has 0 atom stereocenters. The van der Waals surface area contributed by atoms with Crippen LogP contribution in [-0.2, 0) is 6.54 Å². The van der Waals surface area contributed by atoms with Crippen LogP contribution in [-0.4, -0.2) is 16.5 Å². The van der Waals surface area contributed by atoms with Crippen LogP contribution in [0.4, 0.5) is 11.8 Å². The summed E-state index contributed by atoms with van der Waals surface area (Å²) in [6.45, 7) is 5.53. The van der Waals surface area contributed by atoms with Crippen LogP contribution in [0.15, 0.2) is 18.3 Å². The molecule has 4 nitrogen and oxygen atoms in total. The summed E-state index contributed by atoms with van der Waals surface area (Å²) in [6, 6.07) is 3.92. The Morgan fingerprint density at radius 1 is 1.33 bits per heavy atom. The molecule has 0 radical (unpaired) electrons. The number of anilines is 2. The first-order chi connectivity index (χ1) is 8.69. The molecule has 2 N–H and O–H groups in total. The van der Waals surface area contributed by atoms with Gasteiger partial charge < -0.3 is 10.6 Å². The predicted molar refractivity (Wildman–Crippen MR) is 77.6 cm³/mol. The fraction of sp³-hybridized carbons (Fsp3) is 0.333. The highest BCUT2D eigenvalue weighted by atomic mass is 35.5. The normalized spacial score (nSPS) is 10.4. The van der Waals surface area contributed by atoms with E-state index >= 15 is 0 Å². The van der Waals surface area contributed by atoms with Crippen molar-refractivity contribution in [3.63, 3.8) is 0 Å². The molecule has 0 unspecified atom stereocenters. The van der Waals surface area contributed by atoms with Crippen molar-refractivity contribution in [1.82, 2.24) is 9.97 Å². The van der Waals surface area contributed by atoms with Gasteiger partial charge in [-0.15, -0.1) is 11.3 Å². The zero-order valence-corrected chi connectivity index (χ0v) is 11.9. The van der Waals surface area contributed by atoms with Gasteiger partial charge in [-0.25, -0.2) is 4.98 Å². The Hall–Kier alpha value is -1.33. The van der Waals surface area contributed by atoms with Crippen molar-refractivity contribution in [3.05, 3.63) is 33.1 Å². The van der Waals surface area contributed by atoms with Gasteiger partial charge in [-0.05, 0) is 26.0 Å². The standard InChI is InChI=1S/C12H15ClN4S/c1-3-14-12-16-6-8(2)11(17-12)15-7-9-4-5-10(13)18-9/h4-6H,3,7H2,1-2H3,(H2,14,15,16,17). The first-order valence-corrected chi connectivity index (χ1v) is 6.94. The minimum atomic E-state index is 0.648. The van der Waals surface area contributed by atoms with Gasteiger partial charge in [0.25, 0.3) is 0 Å². The van der Waals surface area contributed by atoms with Crippen LogP contribution >= 0.6 is 22.9 Å². The molecular formula is C12H15ClN4S. The summed E-state index contributed by atoms with van der Waals surface area (Å²) in [5, 5.41) is 6.40. The molecule has 2 aromatic heterocycles. The van der Waals surface area contributed by atoms with Gasteiger partial charge in [0, 0.05) is 23.2 Å². The fourth-order valence-electron chi connectivity index (χ4n) is 1.48. The van der Waals surface area contributed by atoms with Gasteiger partial charge in [-0.1, -0.05) is 11.6 Å². The Labute approximate surface area is 115 Å². The van der Waals surface area contributed by atoms with Crippen LogP contribution in [0.25, 0.3) is 0 Å². The summed E-state index contributed by atoms with van der Waals surface area (Å²) in [5.41, 5.74) is 1.03. The Morgan fingerprint density at radius 3 is 2.83 bits per heavy atom. The van der Waals surface area contributed by atoms with E-state index in [1.54, 1.807) is 11.3 Å². The van der Waals surface area contributed by atoms with Crippen LogP contribution < -0.4 is 10.6 Å². The molecule has 2 heterocycles. The molecule has 96 valence electrons. The monoisotopic (exact) mass is 282 g/mol. The number of nitrogens with one attached hydrogen (secondary N) is 2. The summed E-state index contributed by atoms with van der Waals surface area (Å²) < 4.78 is 0.805. The zero-order chi connectivity index (χ0) is 13.0. The number of hydrogen-bond donors (Lipinski definition) is 2. The summed E-state index contributed by atoms with van der Waals surface area (Å²) in [6.07, 6.45) is 1.81. The smallest absolute Gasteiger partial charge is 0.224 e. The molecule has 2 aromatic rings. The van der Waals surface area contributed by atoms with Crippen LogP contribution in [0.1, 0.15) is 17.4 Å². The number of nitrogens with zero attached hydrogens (tertiary/aromatic N) is 2. The highest BCUT2D eigenvalue weighted by molar-refractivity contribution is 7.16. The minimum Gasteiger partial charge on any atom is -0.365 e. The molecule has 2 rings (SSSR count). The van der Waals surface area contributed by atoms with Gasteiger partial charge >= 0.3 is 0 Å². The van der Waals surface area contributed by atoms with Crippen molar-refractivity contribution >= 4 is 34.7 Å². The maximum Gasteiger partial charge on any atom is 0.224 e. The maximum atomic E-state index is 5.90. The van der Waals surface area contributed by atoms with Crippen LogP contribution in [0.2, 0.25) is 4.34 Å². The van der Waals surface area contributed by atoms with Gasteiger partial charge in [0.15, 0.2) is 0 Å². The van der Waals surface area contributed by atoms with E-state index in [4.69, 9.17) is 11.6 Å². The van der Waals surface area contributed by atoms with Crippen molar-refractivity contribution in [1.29, 1.82) is 0 Å². The molecule has 0 saturated heterocycles. The lowest BCUT2D eigenvalue weighted by Gasteiger charge is -2.09. The molecule has 0 fully saturated rings. The third kappa shape index (κ3) is 3.34. The summed E-state index contributed by atoms with van der Waals surface area (Å²) in [4.78, 5) is 9.81. The number of rotatable bonds is 5. The summed E-state index contributed by atoms with van der Waals surface area (Å²) in [5.74, 6) is 1.50. The van der Waals surface area contributed by atoms with Crippen LogP contribution in [0.5, 0.6) is 0 Å². The number of aryl methyl sites for hydroxylation is 1. The van der Waals surface area contributed by atoms with Crippen LogP contribution in [0, 0.1) is 6.92 Å². The van der Waals surface area contributed by atoms with E-state index in [0.29, 0.717) is 5.95 Å². The highest BCUT2D eigenvalue weighted by Crippen LogP contribution is 2.22. The van der Waals surface area contributed by atoms with E-state index in [-0.39, 0.29) is 0 Å². The third-order valence-corrected chi connectivity index (χ3v) is 3.60. The third-order valence-electron chi connectivity index (χ3n) is 2.37. The fourth-order valence-corrected chi connectivity index (χ4v) is 2.51. The van der Waals surface area contributed by atoms with Gasteiger partial charge in [-0.2, -0.15) is 4.98 Å². The Bertz CT molecular complexity index is 527. The van der Waals surface area contributed by atoms with Gasteiger partial charge in [-0.3, -0.25) is 0 Å². The maximum absolute atomic E-state index is 5.90. The quantitative estimate of drug-likeness (QED) is 0.881. The molecule has 0 aliphatic carbocycles. The molecule has 0 bridgehead atoms. The number of thiophene rings is 1. The number of halogens is 1. The van der Waals surface area contributed by atoms with Crippen molar-refractivity contribution in [3.8, 4) is 0 Å². The lowest BCUT2D eigenvalue weighted by atomic mass is 10.3. The SMILES string of the molecule is CCNc1ncc(C)c(NCc2ccc(Cl)s2)n1. The molecule has 0 amide bonds. The first-order valence-electron chi connectivity index (χ1n) is 5.74. The molecule has 0 aliphatic rings. The first kappa shape index (κ1) is 13.1.